The van der Waals surface area contributed by atoms with Crippen LogP contribution in [0.4, 0.5) is 0 Å². The summed E-state index contributed by atoms with van der Waals surface area (Å²) < 4.78 is 5.62. The maximum absolute atomic E-state index is 6.11. The van der Waals surface area contributed by atoms with E-state index in [1.165, 1.54) is 6.42 Å². The van der Waals surface area contributed by atoms with Gasteiger partial charge < -0.3 is 10.1 Å². The first-order valence-corrected chi connectivity index (χ1v) is 10.7. The maximum Gasteiger partial charge on any atom is 0.117 e. The number of unbranched alkanes of at least 4 members (excludes halogenated alkanes) is 1. The lowest BCUT2D eigenvalue weighted by Crippen LogP contribution is -2.17. The van der Waals surface area contributed by atoms with Crippen molar-refractivity contribution in [3.63, 3.8) is 0 Å². The van der Waals surface area contributed by atoms with Gasteiger partial charge in [0.1, 0.15) is 11.4 Å². The molecule has 3 aromatic rings. The van der Waals surface area contributed by atoms with Gasteiger partial charge in [-0.2, -0.15) is 15.0 Å². The summed E-state index contributed by atoms with van der Waals surface area (Å²) in [5.41, 5.74) is 4.02. The van der Waals surface area contributed by atoms with E-state index >= 15 is 0 Å². The molecule has 1 heterocycles. The Balaban J connectivity index is 1.62. The van der Waals surface area contributed by atoms with Gasteiger partial charge in [0.15, 0.2) is 0 Å². The molecule has 0 aliphatic heterocycles. The topological polar surface area (TPSA) is 52.0 Å². The van der Waals surface area contributed by atoms with Crippen LogP contribution in [0.3, 0.4) is 0 Å². The molecule has 0 unspecified atom stereocenters. The van der Waals surface area contributed by atoms with Gasteiger partial charge in [0.25, 0.3) is 0 Å². The number of nitrogens with one attached hydrogen (secondary N) is 1. The number of rotatable bonds is 12. The van der Waals surface area contributed by atoms with Gasteiger partial charge in [0.2, 0.25) is 0 Å². The molecule has 0 bridgehead atoms. The van der Waals surface area contributed by atoms with E-state index < -0.39 is 0 Å². The molecule has 0 saturated heterocycles. The molecule has 29 heavy (non-hydrogen) atoms. The molecule has 0 saturated carbocycles. The minimum atomic E-state index is 0.589. The van der Waals surface area contributed by atoms with Crippen LogP contribution in [0.5, 0.6) is 0 Å². The summed E-state index contributed by atoms with van der Waals surface area (Å²) >= 11 is 6.11. The molecule has 6 heteroatoms. The van der Waals surface area contributed by atoms with Gasteiger partial charge in [-0.25, -0.2) is 0 Å². The lowest BCUT2D eigenvalue weighted by Gasteiger charge is -2.05. The Labute approximate surface area is 178 Å². The summed E-state index contributed by atoms with van der Waals surface area (Å²) in [5.74, 6) is 0. The first-order chi connectivity index (χ1) is 14.3. The van der Waals surface area contributed by atoms with Crippen molar-refractivity contribution in [3.8, 4) is 11.3 Å². The summed E-state index contributed by atoms with van der Waals surface area (Å²) in [6.45, 7) is 5.98. The third kappa shape index (κ3) is 6.96. The van der Waals surface area contributed by atoms with Crippen LogP contribution in [0, 0.1) is 0 Å². The second kappa shape index (κ2) is 11.7. The molecule has 0 amide bonds. The zero-order chi connectivity index (χ0) is 20.3. The number of benzene rings is 2. The lowest BCUT2D eigenvalue weighted by molar-refractivity contribution is 0.128. The van der Waals surface area contributed by atoms with Crippen LogP contribution in [0.25, 0.3) is 11.3 Å². The van der Waals surface area contributed by atoms with E-state index in [0.29, 0.717) is 13.1 Å². The molecular weight excluding hydrogens is 384 g/mol. The van der Waals surface area contributed by atoms with Crippen molar-refractivity contribution in [2.24, 2.45) is 0 Å². The second-order valence-corrected chi connectivity index (χ2v) is 7.45. The Bertz CT molecular complexity index is 866. The maximum atomic E-state index is 6.11. The molecule has 0 fully saturated rings. The predicted molar refractivity (Wildman–Crippen MR) is 118 cm³/mol. The van der Waals surface area contributed by atoms with Crippen LogP contribution in [0.15, 0.2) is 54.6 Å². The molecule has 154 valence electrons. The van der Waals surface area contributed by atoms with Crippen molar-refractivity contribution in [2.45, 2.75) is 39.3 Å². The Morgan fingerprint density at radius 1 is 1.00 bits per heavy atom. The highest BCUT2D eigenvalue weighted by molar-refractivity contribution is 6.30. The number of halogens is 1. The molecule has 2 aromatic carbocycles. The number of aromatic nitrogens is 3. The molecule has 0 atom stereocenters. The van der Waals surface area contributed by atoms with Crippen molar-refractivity contribution in [3.05, 3.63) is 70.9 Å². The monoisotopic (exact) mass is 412 g/mol. The van der Waals surface area contributed by atoms with E-state index in [2.05, 4.69) is 24.4 Å². The Hall–Kier alpha value is -2.21. The summed E-state index contributed by atoms with van der Waals surface area (Å²) in [6.07, 6.45) is 3.29. The molecule has 1 aromatic heterocycles. The lowest BCUT2D eigenvalue weighted by atomic mass is 10.1. The quantitative estimate of drug-likeness (QED) is 0.428. The van der Waals surface area contributed by atoms with Gasteiger partial charge >= 0.3 is 0 Å². The molecule has 5 nitrogen and oxygen atoms in total. The summed E-state index contributed by atoms with van der Waals surface area (Å²) in [7, 11) is 0. The van der Waals surface area contributed by atoms with Crippen LogP contribution in [-0.4, -0.2) is 34.8 Å². The van der Waals surface area contributed by atoms with Gasteiger partial charge in [0.05, 0.1) is 6.54 Å². The highest BCUT2D eigenvalue weighted by atomic mass is 35.5. The van der Waals surface area contributed by atoms with Crippen molar-refractivity contribution in [1.29, 1.82) is 0 Å². The zero-order valence-electron chi connectivity index (χ0n) is 17.0. The van der Waals surface area contributed by atoms with E-state index in [9.17, 15) is 0 Å². The van der Waals surface area contributed by atoms with Crippen LogP contribution >= 0.6 is 11.6 Å². The number of hydrogen-bond donors (Lipinski definition) is 1. The van der Waals surface area contributed by atoms with Crippen LogP contribution in [-0.2, 0) is 17.8 Å². The minimum absolute atomic E-state index is 0.589. The smallest absolute Gasteiger partial charge is 0.117 e. The van der Waals surface area contributed by atoms with Crippen molar-refractivity contribution >= 4 is 11.6 Å². The molecule has 0 spiro atoms. The Kier molecular flexibility index (Phi) is 8.68. The largest absolute Gasteiger partial charge is 0.381 e. The first kappa shape index (κ1) is 21.5. The third-order valence-corrected chi connectivity index (χ3v) is 4.80. The number of nitrogens with zero attached hydrogens (tertiary/aromatic N) is 3. The predicted octanol–water partition coefficient (Wildman–Crippen LogP) is 4.94. The minimum Gasteiger partial charge on any atom is -0.381 e. The van der Waals surface area contributed by atoms with Gasteiger partial charge in [-0.15, -0.1) is 0 Å². The normalized spacial score (nSPS) is 11.1. The van der Waals surface area contributed by atoms with Crippen molar-refractivity contribution in [1.82, 2.24) is 20.3 Å². The van der Waals surface area contributed by atoms with Gasteiger partial charge in [-0.05, 0) is 37.1 Å². The first-order valence-electron chi connectivity index (χ1n) is 10.3. The molecule has 0 aliphatic rings. The third-order valence-electron chi connectivity index (χ3n) is 4.56. The summed E-state index contributed by atoms with van der Waals surface area (Å²) in [5, 5.41) is 13.7. The molecule has 3 rings (SSSR count). The highest BCUT2D eigenvalue weighted by Gasteiger charge is 2.13. The van der Waals surface area contributed by atoms with Gasteiger partial charge in [0, 0.05) is 30.3 Å². The van der Waals surface area contributed by atoms with Crippen molar-refractivity contribution in [2.75, 3.05) is 19.8 Å². The second-order valence-electron chi connectivity index (χ2n) is 7.02. The molecule has 0 aliphatic carbocycles. The van der Waals surface area contributed by atoms with E-state index in [1.807, 2.05) is 42.5 Å². The highest BCUT2D eigenvalue weighted by Crippen LogP contribution is 2.20. The van der Waals surface area contributed by atoms with E-state index in [0.717, 1.165) is 60.1 Å². The summed E-state index contributed by atoms with van der Waals surface area (Å²) in [6, 6.07) is 18.0. The zero-order valence-corrected chi connectivity index (χ0v) is 17.7. The molecule has 0 radical (unpaired) electrons. The van der Waals surface area contributed by atoms with Crippen molar-refractivity contribution < 1.29 is 4.74 Å². The fraction of sp³-hybridized carbons (Fsp3) is 0.391. The van der Waals surface area contributed by atoms with E-state index in [-0.39, 0.29) is 0 Å². The van der Waals surface area contributed by atoms with Gasteiger partial charge in [-0.1, -0.05) is 67.4 Å². The number of ether oxygens (including phenoxy) is 1. The van der Waals surface area contributed by atoms with Gasteiger partial charge in [-0.3, -0.25) is 0 Å². The molecular formula is C23H29ClN4O. The average Bonchev–Trinajstić information content (AvgIpc) is 3.13. The number of hydrogen-bond acceptors (Lipinski definition) is 4. The van der Waals surface area contributed by atoms with Crippen LogP contribution in [0.2, 0.25) is 5.02 Å². The standard InChI is InChI=1S/C23H29ClN4O/c1-2-3-14-29-15-8-13-25-17-22-23(20-10-5-4-6-11-20)27-28(26-22)18-19-9-7-12-21(24)16-19/h4-7,9-12,16,25H,2-3,8,13-15,17-18H2,1H3. The summed E-state index contributed by atoms with van der Waals surface area (Å²) in [4.78, 5) is 1.75. The van der Waals surface area contributed by atoms with E-state index in [4.69, 9.17) is 26.5 Å². The molecule has 1 N–H and O–H groups in total. The Morgan fingerprint density at radius 2 is 1.83 bits per heavy atom. The van der Waals surface area contributed by atoms with E-state index in [1.54, 1.807) is 4.80 Å². The van der Waals surface area contributed by atoms with Crippen LogP contribution in [0.1, 0.15) is 37.4 Å². The average molecular weight is 413 g/mol. The van der Waals surface area contributed by atoms with Crippen LogP contribution < -0.4 is 5.32 Å². The Morgan fingerprint density at radius 3 is 2.62 bits per heavy atom. The fourth-order valence-electron chi connectivity index (χ4n) is 3.05. The SMILES string of the molecule is CCCCOCCCNCc1nn(Cc2cccc(Cl)c2)nc1-c1ccccc1. The fourth-order valence-corrected chi connectivity index (χ4v) is 3.26.